The van der Waals surface area contributed by atoms with Crippen LogP contribution in [0.25, 0.3) is 16.7 Å². The van der Waals surface area contributed by atoms with Crippen molar-refractivity contribution in [2.45, 2.75) is 18.7 Å². The van der Waals surface area contributed by atoms with Crippen molar-refractivity contribution in [3.63, 3.8) is 0 Å². The van der Waals surface area contributed by atoms with Gasteiger partial charge in [-0.2, -0.15) is 0 Å². The van der Waals surface area contributed by atoms with Gasteiger partial charge in [0.25, 0.3) is 10.0 Å². The number of aromatic nitrogens is 4. The first-order valence-corrected chi connectivity index (χ1v) is 8.54. The largest absolute Gasteiger partial charge is 0.294 e. The average Bonchev–Trinajstić information content (AvgIpc) is 3.14. The maximum absolute atomic E-state index is 12.9. The number of aryl methyl sites for hydroxylation is 2. The van der Waals surface area contributed by atoms with E-state index in [4.69, 9.17) is 0 Å². The predicted octanol–water partition coefficient (Wildman–Crippen LogP) is 2.54. The van der Waals surface area contributed by atoms with E-state index in [9.17, 15) is 8.42 Å². The Hall–Kier alpha value is -2.67. The molecule has 6 nitrogen and oxygen atoms in total. The molecular formula is C16H14N4O2S. The molecule has 116 valence electrons. The van der Waals surface area contributed by atoms with E-state index in [1.165, 1.54) is 10.2 Å². The van der Waals surface area contributed by atoms with Gasteiger partial charge in [0.2, 0.25) is 0 Å². The van der Waals surface area contributed by atoms with Crippen LogP contribution in [0.3, 0.4) is 0 Å². The molecular weight excluding hydrogens is 312 g/mol. The molecule has 23 heavy (non-hydrogen) atoms. The lowest BCUT2D eigenvalue weighted by molar-refractivity contribution is 0.588. The molecule has 0 saturated carbocycles. The number of nitrogens with zero attached hydrogens (tertiary/aromatic N) is 4. The molecule has 4 aromatic rings. The highest BCUT2D eigenvalue weighted by atomic mass is 32.2. The van der Waals surface area contributed by atoms with Crippen LogP contribution >= 0.6 is 0 Å². The third-order valence-corrected chi connectivity index (χ3v) is 5.61. The number of imidazole rings is 1. The number of benzene rings is 1. The highest BCUT2D eigenvalue weighted by Gasteiger charge is 2.21. The van der Waals surface area contributed by atoms with E-state index in [1.807, 2.05) is 18.2 Å². The summed E-state index contributed by atoms with van der Waals surface area (Å²) in [6.45, 7) is 3.76. The number of hydrogen-bond donors (Lipinski definition) is 0. The molecule has 3 heterocycles. The normalized spacial score (nSPS) is 12.3. The first-order chi connectivity index (χ1) is 11.0. The first-order valence-electron chi connectivity index (χ1n) is 7.10. The Morgan fingerprint density at radius 3 is 2.48 bits per heavy atom. The summed E-state index contributed by atoms with van der Waals surface area (Å²) < 4.78 is 28.9. The van der Waals surface area contributed by atoms with Crippen LogP contribution in [0.1, 0.15) is 11.3 Å². The average molecular weight is 326 g/mol. The van der Waals surface area contributed by atoms with E-state index in [-0.39, 0.29) is 4.90 Å². The van der Waals surface area contributed by atoms with Gasteiger partial charge in [-0.05, 0) is 32.0 Å². The topological polar surface area (TPSA) is 69.3 Å². The maximum atomic E-state index is 12.9. The minimum absolute atomic E-state index is 0.241. The molecule has 0 atom stereocenters. The fourth-order valence-electron chi connectivity index (χ4n) is 2.68. The van der Waals surface area contributed by atoms with Gasteiger partial charge in [0, 0.05) is 6.20 Å². The number of rotatable bonds is 2. The molecule has 0 spiro atoms. The molecule has 3 aromatic heterocycles. The van der Waals surface area contributed by atoms with Gasteiger partial charge in [0.1, 0.15) is 0 Å². The molecule has 0 radical (unpaired) electrons. The summed E-state index contributed by atoms with van der Waals surface area (Å²) in [5.74, 6) is 0. The summed E-state index contributed by atoms with van der Waals surface area (Å²) in [4.78, 5) is 8.83. The third kappa shape index (κ3) is 1.97. The van der Waals surface area contributed by atoms with Crippen LogP contribution in [0.15, 0.2) is 53.9 Å². The monoisotopic (exact) mass is 326 g/mol. The standard InChI is InChI=1S/C16H14N4O2S/c1-11-3-5-13(6-4-11)23(21,22)20-8-7-14-16(20)18-12(2)15-9-17-10-19(14)15/h3-10H,1-2H3. The fourth-order valence-corrected chi connectivity index (χ4v) is 3.97. The van der Waals surface area contributed by atoms with Crippen LogP contribution in [0, 0.1) is 13.8 Å². The quantitative estimate of drug-likeness (QED) is 0.567. The molecule has 0 unspecified atom stereocenters. The van der Waals surface area contributed by atoms with Gasteiger partial charge in [-0.1, -0.05) is 17.7 Å². The van der Waals surface area contributed by atoms with Crippen molar-refractivity contribution < 1.29 is 8.42 Å². The summed E-state index contributed by atoms with van der Waals surface area (Å²) in [6.07, 6.45) is 4.91. The Bertz CT molecular complexity index is 1140. The Kier molecular flexibility index (Phi) is 2.83. The smallest absolute Gasteiger partial charge is 0.269 e. The van der Waals surface area contributed by atoms with Crippen LogP contribution in [-0.4, -0.2) is 26.8 Å². The fraction of sp³-hybridized carbons (Fsp3) is 0.125. The zero-order chi connectivity index (χ0) is 16.2. The number of hydrogen-bond acceptors (Lipinski definition) is 4. The van der Waals surface area contributed by atoms with Crippen molar-refractivity contribution in [3.05, 3.63) is 60.3 Å². The van der Waals surface area contributed by atoms with E-state index in [0.29, 0.717) is 11.2 Å². The van der Waals surface area contributed by atoms with Crippen molar-refractivity contribution in [1.29, 1.82) is 0 Å². The van der Waals surface area contributed by atoms with Crippen LogP contribution in [0.2, 0.25) is 0 Å². The molecule has 0 aliphatic carbocycles. The molecule has 4 rings (SSSR count). The van der Waals surface area contributed by atoms with Gasteiger partial charge in [-0.15, -0.1) is 0 Å². The molecule has 7 heteroatoms. The second kappa shape index (κ2) is 4.66. The minimum atomic E-state index is -3.69. The zero-order valence-corrected chi connectivity index (χ0v) is 13.4. The van der Waals surface area contributed by atoms with Crippen LogP contribution in [0.5, 0.6) is 0 Å². The number of fused-ring (bicyclic) bond motifs is 3. The van der Waals surface area contributed by atoms with Gasteiger partial charge in [-0.3, -0.25) is 4.40 Å². The molecule has 0 N–H and O–H groups in total. The maximum Gasteiger partial charge on any atom is 0.269 e. The van der Waals surface area contributed by atoms with Crippen LogP contribution in [-0.2, 0) is 10.0 Å². The van der Waals surface area contributed by atoms with Gasteiger partial charge in [0.05, 0.1) is 34.1 Å². The molecule has 0 bridgehead atoms. The van der Waals surface area contributed by atoms with Crippen LogP contribution < -0.4 is 0 Å². The van der Waals surface area contributed by atoms with Crippen LogP contribution in [0.4, 0.5) is 0 Å². The van der Waals surface area contributed by atoms with Crippen molar-refractivity contribution in [2.24, 2.45) is 0 Å². The van der Waals surface area contributed by atoms with E-state index in [1.54, 1.807) is 42.9 Å². The predicted molar refractivity (Wildman–Crippen MR) is 87.0 cm³/mol. The van der Waals surface area contributed by atoms with E-state index in [2.05, 4.69) is 9.97 Å². The lowest BCUT2D eigenvalue weighted by atomic mass is 10.2. The molecule has 0 aliphatic rings. The highest BCUT2D eigenvalue weighted by Crippen LogP contribution is 2.23. The van der Waals surface area contributed by atoms with Gasteiger partial charge < -0.3 is 0 Å². The second-order valence-corrected chi connectivity index (χ2v) is 7.30. The van der Waals surface area contributed by atoms with E-state index in [0.717, 1.165) is 16.8 Å². The molecule has 0 aliphatic heterocycles. The van der Waals surface area contributed by atoms with Gasteiger partial charge >= 0.3 is 0 Å². The third-order valence-electron chi connectivity index (χ3n) is 3.93. The Labute approximate surface area is 133 Å². The summed E-state index contributed by atoms with van der Waals surface area (Å²) in [5, 5.41) is 0. The van der Waals surface area contributed by atoms with Crippen molar-refractivity contribution in [3.8, 4) is 0 Å². The van der Waals surface area contributed by atoms with E-state index < -0.39 is 10.0 Å². The van der Waals surface area contributed by atoms with Gasteiger partial charge in [-0.25, -0.2) is 22.4 Å². The lowest BCUT2D eigenvalue weighted by Gasteiger charge is -2.08. The van der Waals surface area contributed by atoms with E-state index >= 15 is 0 Å². The zero-order valence-electron chi connectivity index (χ0n) is 12.6. The van der Waals surface area contributed by atoms with Gasteiger partial charge in [0.15, 0.2) is 5.65 Å². The Balaban J connectivity index is 2.02. The summed E-state index contributed by atoms with van der Waals surface area (Å²) in [6, 6.07) is 8.52. The Morgan fingerprint density at radius 2 is 1.74 bits per heavy atom. The highest BCUT2D eigenvalue weighted by molar-refractivity contribution is 7.90. The molecule has 0 amide bonds. The Morgan fingerprint density at radius 1 is 1.00 bits per heavy atom. The van der Waals surface area contributed by atoms with Crippen molar-refractivity contribution in [2.75, 3.05) is 0 Å². The molecule has 0 saturated heterocycles. The summed E-state index contributed by atoms with van der Waals surface area (Å²) in [5.41, 5.74) is 3.71. The first kappa shape index (κ1) is 14.0. The SMILES string of the molecule is Cc1ccc(S(=O)(=O)n2ccc3c2nc(C)c2cncn23)cc1. The summed E-state index contributed by atoms with van der Waals surface area (Å²) >= 11 is 0. The second-order valence-electron chi connectivity index (χ2n) is 5.48. The molecule has 1 aromatic carbocycles. The molecule has 0 fully saturated rings. The van der Waals surface area contributed by atoms with Crippen molar-refractivity contribution in [1.82, 2.24) is 18.3 Å². The lowest BCUT2D eigenvalue weighted by Crippen LogP contribution is -2.13. The minimum Gasteiger partial charge on any atom is -0.294 e. The summed E-state index contributed by atoms with van der Waals surface area (Å²) in [7, 11) is -3.69. The van der Waals surface area contributed by atoms with Crippen molar-refractivity contribution >= 4 is 26.7 Å².